The SMILES string of the molecule is COC(=O)C1CCCN(Cc2c(C)noc2C)C1. The first-order valence-electron chi connectivity index (χ1n) is 6.33. The highest BCUT2D eigenvalue weighted by atomic mass is 16.5. The Morgan fingerprint density at radius 2 is 2.33 bits per heavy atom. The molecule has 100 valence electrons. The van der Waals surface area contributed by atoms with E-state index in [1.165, 1.54) is 7.11 Å². The van der Waals surface area contributed by atoms with Gasteiger partial charge in [0.1, 0.15) is 5.76 Å². The summed E-state index contributed by atoms with van der Waals surface area (Å²) >= 11 is 0. The number of piperidine rings is 1. The third-order valence-corrected chi connectivity index (χ3v) is 3.60. The highest BCUT2D eigenvalue weighted by molar-refractivity contribution is 5.72. The summed E-state index contributed by atoms with van der Waals surface area (Å²) < 4.78 is 9.99. The Balaban J connectivity index is 2.00. The van der Waals surface area contributed by atoms with E-state index >= 15 is 0 Å². The molecular formula is C13H20N2O3. The fraction of sp³-hybridized carbons (Fsp3) is 0.692. The van der Waals surface area contributed by atoms with E-state index < -0.39 is 0 Å². The van der Waals surface area contributed by atoms with Crippen molar-refractivity contribution in [2.24, 2.45) is 5.92 Å². The van der Waals surface area contributed by atoms with Crippen molar-refractivity contribution in [3.8, 4) is 0 Å². The van der Waals surface area contributed by atoms with Crippen LogP contribution in [0.1, 0.15) is 29.9 Å². The van der Waals surface area contributed by atoms with E-state index in [4.69, 9.17) is 9.26 Å². The lowest BCUT2D eigenvalue weighted by molar-refractivity contribution is -0.147. The van der Waals surface area contributed by atoms with Crippen LogP contribution >= 0.6 is 0 Å². The molecule has 18 heavy (non-hydrogen) atoms. The maximum Gasteiger partial charge on any atom is 0.309 e. The minimum absolute atomic E-state index is 0.00391. The van der Waals surface area contributed by atoms with Crippen molar-refractivity contribution in [2.45, 2.75) is 33.2 Å². The second-order valence-electron chi connectivity index (χ2n) is 4.90. The molecule has 0 spiro atoms. The van der Waals surface area contributed by atoms with Crippen LogP contribution in [0.3, 0.4) is 0 Å². The zero-order valence-corrected chi connectivity index (χ0v) is 11.2. The molecule has 0 saturated carbocycles. The van der Waals surface area contributed by atoms with Gasteiger partial charge in [-0.3, -0.25) is 9.69 Å². The molecule has 0 amide bonds. The van der Waals surface area contributed by atoms with Crippen LogP contribution < -0.4 is 0 Å². The van der Waals surface area contributed by atoms with Gasteiger partial charge in [-0.05, 0) is 33.2 Å². The number of esters is 1. The molecule has 2 rings (SSSR count). The van der Waals surface area contributed by atoms with Crippen molar-refractivity contribution in [1.82, 2.24) is 10.1 Å². The number of aryl methyl sites for hydroxylation is 2. The number of methoxy groups -OCH3 is 1. The van der Waals surface area contributed by atoms with E-state index in [1.54, 1.807) is 0 Å². The first-order valence-corrected chi connectivity index (χ1v) is 6.33. The predicted octanol–water partition coefficient (Wildman–Crippen LogP) is 1.68. The third-order valence-electron chi connectivity index (χ3n) is 3.60. The lowest BCUT2D eigenvalue weighted by Gasteiger charge is -2.31. The molecule has 1 fully saturated rings. The molecule has 5 heteroatoms. The average molecular weight is 252 g/mol. The molecule has 1 unspecified atom stereocenters. The highest BCUT2D eigenvalue weighted by Gasteiger charge is 2.27. The van der Waals surface area contributed by atoms with Gasteiger partial charge in [0.2, 0.25) is 0 Å². The van der Waals surface area contributed by atoms with E-state index in [1.807, 2.05) is 13.8 Å². The van der Waals surface area contributed by atoms with E-state index in [0.29, 0.717) is 0 Å². The standard InChI is InChI=1S/C13H20N2O3/c1-9-12(10(2)18-14-9)8-15-6-4-5-11(7-15)13(16)17-3/h11H,4-8H2,1-3H3. The molecule has 0 bridgehead atoms. The third kappa shape index (κ3) is 2.72. The lowest BCUT2D eigenvalue weighted by Crippen LogP contribution is -2.38. The zero-order chi connectivity index (χ0) is 13.1. The molecule has 0 radical (unpaired) electrons. The maximum absolute atomic E-state index is 11.6. The summed E-state index contributed by atoms with van der Waals surface area (Å²) in [5.41, 5.74) is 2.08. The number of carbonyl (C=O) groups is 1. The van der Waals surface area contributed by atoms with Crippen molar-refractivity contribution in [2.75, 3.05) is 20.2 Å². The Kier molecular flexibility index (Phi) is 4.01. The molecular weight excluding hydrogens is 232 g/mol. The van der Waals surface area contributed by atoms with Crippen molar-refractivity contribution < 1.29 is 14.1 Å². The second-order valence-corrected chi connectivity index (χ2v) is 4.90. The van der Waals surface area contributed by atoms with Crippen molar-refractivity contribution in [1.29, 1.82) is 0 Å². The summed E-state index contributed by atoms with van der Waals surface area (Å²) in [5.74, 6) is 0.773. The molecule has 1 aliphatic rings. The smallest absolute Gasteiger partial charge is 0.309 e. The minimum atomic E-state index is -0.0986. The van der Waals surface area contributed by atoms with Gasteiger partial charge in [-0.15, -0.1) is 0 Å². The number of hydrogen-bond acceptors (Lipinski definition) is 5. The summed E-state index contributed by atoms with van der Waals surface area (Å²) in [4.78, 5) is 13.8. The average Bonchev–Trinajstić information content (AvgIpc) is 2.70. The van der Waals surface area contributed by atoms with Gasteiger partial charge in [-0.25, -0.2) is 0 Å². The van der Waals surface area contributed by atoms with Crippen LogP contribution in [0, 0.1) is 19.8 Å². The molecule has 1 aromatic rings. The van der Waals surface area contributed by atoms with Crippen LogP contribution in [-0.2, 0) is 16.1 Å². The van der Waals surface area contributed by atoms with Gasteiger partial charge >= 0.3 is 5.97 Å². The van der Waals surface area contributed by atoms with Gasteiger partial charge in [-0.1, -0.05) is 5.16 Å². The Labute approximate surface area is 107 Å². The Bertz CT molecular complexity index is 408. The summed E-state index contributed by atoms with van der Waals surface area (Å²) in [7, 11) is 1.45. The van der Waals surface area contributed by atoms with Crippen molar-refractivity contribution in [3.63, 3.8) is 0 Å². The molecule has 1 atom stereocenters. The summed E-state index contributed by atoms with van der Waals surface area (Å²) in [6.07, 6.45) is 1.95. The van der Waals surface area contributed by atoms with E-state index in [2.05, 4.69) is 10.1 Å². The number of ether oxygens (including phenoxy) is 1. The molecule has 1 aromatic heterocycles. The Morgan fingerprint density at radius 3 is 2.94 bits per heavy atom. The van der Waals surface area contributed by atoms with Crippen LogP contribution in [0.4, 0.5) is 0 Å². The van der Waals surface area contributed by atoms with E-state index in [0.717, 1.165) is 49.5 Å². The Morgan fingerprint density at radius 1 is 1.56 bits per heavy atom. The van der Waals surface area contributed by atoms with Crippen LogP contribution in [0.15, 0.2) is 4.52 Å². The molecule has 2 heterocycles. The van der Waals surface area contributed by atoms with Gasteiger partial charge in [-0.2, -0.15) is 0 Å². The van der Waals surface area contributed by atoms with Gasteiger partial charge in [0.05, 0.1) is 18.7 Å². The van der Waals surface area contributed by atoms with Crippen molar-refractivity contribution >= 4 is 5.97 Å². The first kappa shape index (κ1) is 13.1. The summed E-state index contributed by atoms with van der Waals surface area (Å²) in [5, 5.41) is 3.96. The number of hydrogen-bond donors (Lipinski definition) is 0. The topological polar surface area (TPSA) is 55.6 Å². The van der Waals surface area contributed by atoms with Gasteiger partial charge < -0.3 is 9.26 Å². The number of rotatable bonds is 3. The predicted molar refractivity (Wildman–Crippen MR) is 66.0 cm³/mol. The number of carbonyl (C=O) groups excluding carboxylic acids is 1. The second kappa shape index (κ2) is 5.52. The van der Waals surface area contributed by atoms with Crippen LogP contribution in [0.25, 0.3) is 0 Å². The molecule has 1 aliphatic heterocycles. The largest absolute Gasteiger partial charge is 0.469 e. The summed E-state index contributed by atoms with van der Waals surface area (Å²) in [6.45, 7) is 6.45. The zero-order valence-electron chi connectivity index (χ0n) is 11.2. The normalized spacial score (nSPS) is 20.9. The maximum atomic E-state index is 11.6. The fourth-order valence-electron chi connectivity index (χ4n) is 2.51. The van der Waals surface area contributed by atoms with Crippen molar-refractivity contribution in [3.05, 3.63) is 17.0 Å². The first-order chi connectivity index (χ1) is 8.61. The highest BCUT2D eigenvalue weighted by Crippen LogP contribution is 2.22. The van der Waals surface area contributed by atoms with Crippen LogP contribution in [0.2, 0.25) is 0 Å². The quantitative estimate of drug-likeness (QED) is 0.766. The van der Waals surface area contributed by atoms with E-state index in [-0.39, 0.29) is 11.9 Å². The van der Waals surface area contributed by atoms with E-state index in [9.17, 15) is 4.79 Å². The molecule has 1 saturated heterocycles. The number of likely N-dealkylation sites (tertiary alicyclic amines) is 1. The molecule has 0 aliphatic carbocycles. The number of nitrogens with zero attached hydrogens (tertiary/aromatic N) is 2. The van der Waals surface area contributed by atoms with Gasteiger partial charge in [0.25, 0.3) is 0 Å². The van der Waals surface area contributed by atoms with Crippen LogP contribution in [0.5, 0.6) is 0 Å². The molecule has 0 aromatic carbocycles. The van der Waals surface area contributed by atoms with Gasteiger partial charge in [0.15, 0.2) is 0 Å². The van der Waals surface area contributed by atoms with Gasteiger partial charge in [0, 0.05) is 18.7 Å². The molecule has 5 nitrogen and oxygen atoms in total. The number of aromatic nitrogens is 1. The van der Waals surface area contributed by atoms with Crippen LogP contribution in [-0.4, -0.2) is 36.2 Å². The molecule has 0 N–H and O–H groups in total. The minimum Gasteiger partial charge on any atom is -0.469 e. The Hall–Kier alpha value is -1.36. The lowest BCUT2D eigenvalue weighted by atomic mass is 9.97. The fourth-order valence-corrected chi connectivity index (χ4v) is 2.51. The monoisotopic (exact) mass is 252 g/mol. The summed E-state index contributed by atoms with van der Waals surface area (Å²) in [6, 6.07) is 0.